The number of halogens is 1. The van der Waals surface area contributed by atoms with Crippen LogP contribution >= 0.6 is 22.9 Å². The summed E-state index contributed by atoms with van der Waals surface area (Å²) in [6, 6.07) is 8.07. The molecule has 180 valence electrons. The number of aromatic nitrogens is 2. The first kappa shape index (κ1) is 24.2. The molecule has 0 unspecified atom stereocenters. The molecule has 0 saturated heterocycles. The van der Waals surface area contributed by atoms with Crippen LogP contribution < -0.4 is 20.7 Å². The number of methoxy groups -OCH3 is 1. The molecule has 0 fully saturated rings. The van der Waals surface area contributed by atoms with Crippen LogP contribution in [-0.2, 0) is 17.6 Å². The number of carbonyl (C=O) groups is 1. The molecule has 0 saturated carbocycles. The van der Waals surface area contributed by atoms with Crippen molar-refractivity contribution in [3.8, 4) is 5.75 Å². The number of fused-ring (bicyclic) bond motifs is 1. The minimum atomic E-state index is -0.553. The molecule has 3 heterocycles. The number of rotatable bonds is 8. The maximum absolute atomic E-state index is 11.6. The summed E-state index contributed by atoms with van der Waals surface area (Å²) in [6.45, 7) is 3.74. The van der Waals surface area contributed by atoms with Crippen molar-refractivity contribution in [2.75, 3.05) is 51.0 Å². The monoisotopic (exact) mass is 502 g/mol. The Morgan fingerprint density at radius 3 is 2.82 bits per heavy atom. The molecular weight excluding hydrogens is 476 g/mol. The lowest BCUT2D eigenvalue weighted by molar-refractivity contribution is 0.150. The fraction of sp³-hybridized carbons (Fsp3) is 0.348. The van der Waals surface area contributed by atoms with Crippen molar-refractivity contribution >= 4 is 51.5 Å². The molecule has 34 heavy (non-hydrogen) atoms. The highest BCUT2D eigenvalue weighted by Crippen LogP contribution is 2.35. The second-order valence-corrected chi connectivity index (χ2v) is 9.03. The van der Waals surface area contributed by atoms with Crippen LogP contribution in [-0.4, -0.2) is 61.4 Å². The summed E-state index contributed by atoms with van der Waals surface area (Å²) in [6.07, 6.45) is 2.98. The van der Waals surface area contributed by atoms with Gasteiger partial charge in [0.15, 0.2) is 11.6 Å². The van der Waals surface area contributed by atoms with Gasteiger partial charge in [-0.15, -0.1) is 11.3 Å². The molecule has 0 aliphatic carbocycles. The number of benzene rings is 1. The number of ether oxygens (including phenoxy) is 2. The first-order valence-corrected chi connectivity index (χ1v) is 12.2. The molecule has 0 bridgehead atoms. The lowest BCUT2D eigenvalue weighted by Crippen LogP contribution is -2.29. The Morgan fingerprint density at radius 1 is 1.21 bits per heavy atom. The highest BCUT2D eigenvalue weighted by Gasteiger charge is 2.16. The van der Waals surface area contributed by atoms with Gasteiger partial charge < -0.3 is 30.3 Å². The number of hydrogen-bond donors (Lipinski definition) is 3. The molecule has 9 nitrogen and oxygen atoms in total. The van der Waals surface area contributed by atoms with Crippen LogP contribution in [0, 0.1) is 0 Å². The van der Waals surface area contributed by atoms with Crippen LogP contribution in [0.15, 0.2) is 35.8 Å². The predicted molar refractivity (Wildman–Crippen MR) is 135 cm³/mol. The number of nitrogens with zero attached hydrogens (tertiary/aromatic N) is 3. The van der Waals surface area contributed by atoms with Crippen LogP contribution in [0.25, 0.3) is 0 Å². The second kappa shape index (κ2) is 11.5. The summed E-state index contributed by atoms with van der Waals surface area (Å²) in [7, 11) is 3.24. The Balaban J connectivity index is 1.46. The minimum Gasteiger partial charge on any atom is -0.407 e. The maximum atomic E-state index is 11.6. The van der Waals surface area contributed by atoms with Crippen LogP contribution in [0.4, 0.5) is 27.2 Å². The third kappa shape index (κ3) is 6.15. The summed E-state index contributed by atoms with van der Waals surface area (Å²) in [4.78, 5) is 22.8. The summed E-state index contributed by atoms with van der Waals surface area (Å²) >= 11 is 7.69. The second-order valence-electron chi connectivity index (χ2n) is 7.71. The molecular formula is C23H27ClN6O3S. The minimum absolute atomic E-state index is 0.350. The van der Waals surface area contributed by atoms with Gasteiger partial charge in [0.1, 0.15) is 10.0 Å². The normalized spacial score (nSPS) is 13.6. The van der Waals surface area contributed by atoms with Crippen molar-refractivity contribution in [2.45, 2.75) is 12.8 Å². The standard InChI is InChI=1S/C23H27ClN6O3S/c1-25-23(31)33-19-7-12-34-21(19)28-20-18(24)14-26-22(29-20)27-17-4-3-15-5-8-30(10-11-32-2)9-6-16(15)13-17/h3-4,7,12-14H,5-6,8-11H2,1-2H3,(H,25,31)(H2,26,27,28,29). The van der Waals surface area contributed by atoms with Crippen molar-refractivity contribution in [1.29, 1.82) is 0 Å². The summed E-state index contributed by atoms with van der Waals surface area (Å²) in [5.74, 6) is 1.21. The van der Waals surface area contributed by atoms with Crippen molar-refractivity contribution in [2.24, 2.45) is 0 Å². The van der Waals surface area contributed by atoms with Crippen LogP contribution in [0.5, 0.6) is 5.75 Å². The average Bonchev–Trinajstić information content (AvgIpc) is 3.16. The molecule has 2 aromatic heterocycles. The highest BCUT2D eigenvalue weighted by molar-refractivity contribution is 7.14. The van der Waals surface area contributed by atoms with Crippen LogP contribution in [0.1, 0.15) is 11.1 Å². The van der Waals surface area contributed by atoms with Gasteiger partial charge in [-0.3, -0.25) is 0 Å². The Bertz CT molecular complexity index is 1140. The van der Waals surface area contributed by atoms with Gasteiger partial charge in [-0.2, -0.15) is 4.98 Å². The first-order chi connectivity index (χ1) is 16.6. The molecule has 3 aromatic rings. The molecule has 11 heteroatoms. The molecule has 0 atom stereocenters. The van der Waals surface area contributed by atoms with E-state index >= 15 is 0 Å². The van der Waals surface area contributed by atoms with Gasteiger partial charge in [-0.25, -0.2) is 9.78 Å². The van der Waals surface area contributed by atoms with E-state index in [1.165, 1.54) is 35.7 Å². The predicted octanol–water partition coefficient (Wildman–Crippen LogP) is 4.44. The van der Waals surface area contributed by atoms with Crippen molar-refractivity contribution < 1.29 is 14.3 Å². The molecule has 4 rings (SSSR count). The van der Waals surface area contributed by atoms with Crippen molar-refractivity contribution in [1.82, 2.24) is 20.2 Å². The van der Waals surface area contributed by atoms with Crippen molar-refractivity contribution in [3.63, 3.8) is 0 Å². The largest absolute Gasteiger partial charge is 0.412 e. The maximum Gasteiger partial charge on any atom is 0.412 e. The number of carbonyl (C=O) groups excluding carboxylic acids is 1. The Morgan fingerprint density at radius 2 is 2.03 bits per heavy atom. The van der Waals surface area contributed by atoms with E-state index < -0.39 is 6.09 Å². The quantitative estimate of drug-likeness (QED) is 0.415. The van der Waals surface area contributed by atoms with E-state index in [2.05, 4.69) is 43.0 Å². The van der Waals surface area contributed by atoms with Crippen LogP contribution in [0.2, 0.25) is 5.02 Å². The summed E-state index contributed by atoms with van der Waals surface area (Å²) < 4.78 is 10.5. The first-order valence-electron chi connectivity index (χ1n) is 10.9. The molecule has 1 amide bonds. The van der Waals surface area contributed by atoms with Gasteiger partial charge in [0, 0.05) is 39.5 Å². The van der Waals surface area contributed by atoms with Gasteiger partial charge in [0.05, 0.1) is 12.8 Å². The number of thiophene rings is 1. The van der Waals surface area contributed by atoms with E-state index in [1.54, 1.807) is 18.6 Å². The number of nitrogens with one attached hydrogen (secondary N) is 3. The fourth-order valence-corrected chi connectivity index (χ4v) is 4.51. The Labute approximate surface area is 207 Å². The molecule has 3 N–H and O–H groups in total. The van der Waals surface area contributed by atoms with Gasteiger partial charge in [0.25, 0.3) is 0 Å². The van der Waals surface area contributed by atoms with E-state index in [9.17, 15) is 4.79 Å². The summed E-state index contributed by atoms with van der Waals surface area (Å²) in [5.41, 5.74) is 3.61. The summed E-state index contributed by atoms with van der Waals surface area (Å²) in [5, 5.41) is 11.6. The van der Waals surface area contributed by atoms with Crippen molar-refractivity contribution in [3.05, 3.63) is 52.0 Å². The number of hydrogen-bond acceptors (Lipinski definition) is 9. The van der Waals surface area contributed by atoms with E-state index in [-0.39, 0.29) is 0 Å². The third-order valence-corrected chi connectivity index (χ3v) is 6.57. The van der Waals surface area contributed by atoms with Gasteiger partial charge in [-0.05, 0) is 47.5 Å². The molecule has 0 radical (unpaired) electrons. The lowest BCUT2D eigenvalue weighted by Gasteiger charge is -2.18. The van der Waals surface area contributed by atoms with E-state index in [1.807, 2.05) is 6.07 Å². The third-order valence-electron chi connectivity index (χ3n) is 5.48. The molecule has 0 spiro atoms. The zero-order chi connectivity index (χ0) is 23.9. The number of amides is 1. The fourth-order valence-electron chi connectivity index (χ4n) is 3.66. The SMILES string of the molecule is CNC(=O)Oc1ccsc1Nc1nc(Nc2ccc3c(c2)CCN(CCOC)CC3)ncc1Cl. The van der Waals surface area contributed by atoms with Gasteiger partial charge in [0.2, 0.25) is 5.95 Å². The average molecular weight is 503 g/mol. The molecule has 1 aromatic carbocycles. The van der Waals surface area contributed by atoms with Gasteiger partial charge in [-0.1, -0.05) is 17.7 Å². The Hall–Kier alpha value is -2.92. The van der Waals surface area contributed by atoms with E-state index in [4.69, 9.17) is 21.1 Å². The van der Waals surface area contributed by atoms with E-state index in [0.29, 0.717) is 27.5 Å². The van der Waals surface area contributed by atoms with Gasteiger partial charge >= 0.3 is 6.09 Å². The zero-order valence-corrected chi connectivity index (χ0v) is 20.6. The topological polar surface area (TPSA) is 101 Å². The smallest absolute Gasteiger partial charge is 0.407 e. The Kier molecular flexibility index (Phi) is 8.17. The highest BCUT2D eigenvalue weighted by atomic mass is 35.5. The van der Waals surface area contributed by atoms with E-state index in [0.717, 1.165) is 44.8 Å². The number of anilines is 4. The molecule has 1 aliphatic rings. The lowest BCUT2D eigenvalue weighted by atomic mass is 10.0. The van der Waals surface area contributed by atoms with Crippen LogP contribution in [0.3, 0.4) is 0 Å². The zero-order valence-electron chi connectivity index (χ0n) is 19.1. The molecule has 1 aliphatic heterocycles.